The van der Waals surface area contributed by atoms with E-state index in [9.17, 15) is 9.59 Å². The van der Waals surface area contributed by atoms with E-state index in [1.165, 1.54) is 7.11 Å². The summed E-state index contributed by atoms with van der Waals surface area (Å²) in [6.45, 7) is 3.59. The number of hydrogen-bond acceptors (Lipinski definition) is 3. The highest BCUT2D eigenvalue weighted by Crippen LogP contribution is 2.22. The quantitative estimate of drug-likeness (QED) is 0.645. The van der Waals surface area contributed by atoms with Gasteiger partial charge in [-0.15, -0.1) is 0 Å². The Morgan fingerprint density at radius 3 is 2.67 bits per heavy atom. The summed E-state index contributed by atoms with van der Waals surface area (Å²) >= 11 is 3.53. The van der Waals surface area contributed by atoms with Crippen LogP contribution in [0.5, 0.6) is 5.75 Å². The molecule has 1 unspecified atom stereocenters. The van der Waals surface area contributed by atoms with Crippen molar-refractivity contribution >= 4 is 32.7 Å². The molecule has 2 aromatic carbocycles. The van der Waals surface area contributed by atoms with Gasteiger partial charge in [-0.05, 0) is 44.0 Å². The van der Waals surface area contributed by atoms with Crippen molar-refractivity contribution in [1.29, 1.82) is 0 Å². The molecular formula is C21H21BrN2O3. The van der Waals surface area contributed by atoms with E-state index >= 15 is 0 Å². The van der Waals surface area contributed by atoms with Gasteiger partial charge in [0.1, 0.15) is 11.4 Å². The molecule has 3 aromatic rings. The maximum atomic E-state index is 12.8. The largest absolute Gasteiger partial charge is 0.495 e. The second kappa shape index (κ2) is 7.96. The third-order valence-electron chi connectivity index (χ3n) is 4.54. The third kappa shape index (κ3) is 3.90. The monoisotopic (exact) mass is 428 g/mol. The molecule has 27 heavy (non-hydrogen) atoms. The summed E-state index contributed by atoms with van der Waals surface area (Å²) in [4.78, 5) is 28.6. The zero-order valence-corrected chi connectivity index (χ0v) is 17.0. The molecule has 6 heteroatoms. The summed E-state index contributed by atoms with van der Waals surface area (Å²) < 4.78 is 6.33. The number of amides is 1. The number of benzene rings is 2. The molecule has 0 radical (unpaired) electrons. The molecule has 0 spiro atoms. The molecule has 0 aliphatic heterocycles. The van der Waals surface area contributed by atoms with Crippen molar-refractivity contribution in [3.05, 3.63) is 74.0 Å². The van der Waals surface area contributed by atoms with Crippen LogP contribution in [0.1, 0.15) is 28.5 Å². The first-order valence-electron chi connectivity index (χ1n) is 8.66. The van der Waals surface area contributed by atoms with Gasteiger partial charge in [0, 0.05) is 21.5 Å². The van der Waals surface area contributed by atoms with Crippen LogP contribution in [0.2, 0.25) is 0 Å². The summed E-state index contributed by atoms with van der Waals surface area (Å²) in [5.41, 5.74) is 2.11. The van der Waals surface area contributed by atoms with Crippen LogP contribution >= 0.6 is 15.9 Å². The molecule has 0 aliphatic rings. The van der Waals surface area contributed by atoms with E-state index in [4.69, 9.17) is 4.74 Å². The maximum Gasteiger partial charge on any atom is 0.268 e. The Kier molecular flexibility index (Phi) is 5.65. The van der Waals surface area contributed by atoms with Crippen molar-refractivity contribution < 1.29 is 9.53 Å². The number of methoxy groups -OCH3 is 1. The number of fused-ring (bicyclic) bond motifs is 1. The first-order chi connectivity index (χ1) is 12.9. The SMILES string of the molecule is COc1cccc2c(=O)c(C)c(C(=O)NC(C)Cc3ccccc3Br)[nH]c12. The van der Waals surface area contributed by atoms with E-state index in [-0.39, 0.29) is 23.1 Å². The van der Waals surface area contributed by atoms with Crippen molar-refractivity contribution in [2.24, 2.45) is 0 Å². The third-order valence-corrected chi connectivity index (χ3v) is 5.32. The minimum Gasteiger partial charge on any atom is -0.495 e. The summed E-state index contributed by atoms with van der Waals surface area (Å²) in [5, 5.41) is 3.48. The van der Waals surface area contributed by atoms with Gasteiger partial charge in [0.2, 0.25) is 0 Å². The Hall–Kier alpha value is -2.60. The molecule has 1 atom stereocenters. The lowest BCUT2D eigenvalue weighted by Crippen LogP contribution is -2.36. The topological polar surface area (TPSA) is 71.2 Å². The molecule has 1 aromatic heterocycles. The van der Waals surface area contributed by atoms with Crippen LogP contribution in [0.15, 0.2) is 51.7 Å². The highest BCUT2D eigenvalue weighted by molar-refractivity contribution is 9.10. The normalized spacial score (nSPS) is 12.0. The number of carbonyl (C=O) groups excluding carboxylic acids is 1. The van der Waals surface area contributed by atoms with Crippen LogP contribution in [0.4, 0.5) is 0 Å². The minimum atomic E-state index is -0.308. The smallest absolute Gasteiger partial charge is 0.268 e. The van der Waals surface area contributed by atoms with E-state index in [2.05, 4.69) is 26.2 Å². The second-order valence-corrected chi connectivity index (χ2v) is 7.36. The van der Waals surface area contributed by atoms with Crippen LogP contribution in [-0.4, -0.2) is 24.0 Å². The molecule has 0 bridgehead atoms. The fraction of sp³-hybridized carbons (Fsp3) is 0.238. The summed E-state index contributed by atoms with van der Waals surface area (Å²) in [6.07, 6.45) is 0.674. The fourth-order valence-corrected chi connectivity index (χ4v) is 3.57. The average Bonchev–Trinajstić information content (AvgIpc) is 2.65. The molecule has 1 amide bonds. The average molecular weight is 429 g/mol. The standard InChI is InChI=1S/C21H21BrN2O3/c1-12(11-14-7-4-5-9-16(14)22)23-21(26)18-13(2)20(25)15-8-6-10-17(27-3)19(15)24-18/h4-10,12H,11H2,1-3H3,(H,23,26)(H,24,25). The molecule has 0 saturated carbocycles. The van der Waals surface area contributed by atoms with Crippen molar-refractivity contribution in [2.75, 3.05) is 7.11 Å². The first-order valence-corrected chi connectivity index (χ1v) is 9.45. The highest BCUT2D eigenvalue weighted by Gasteiger charge is 2.18. The van der Waals surface area contributed by atoms with Crippen LogP contribution < -0.4 is 15.5 Å². The summed E-state index contributed by atoms with van der Waals surface area (Å²) in [6, 6.07) is 13.0. The van der Waals surface area contributed by atoms with Crippen LogP contribution in [0.25, 0.3) is 10.9 Å². The molecule has 1 heterocycles. The number of ether oxygens (including phenoxy) is 1. The molecule has 140 valence electrons. The Morgan fingerprint density at radius 2 is 1.96 bits per heavy atom. The van der Waals surface area contributed by atoms with E-state index in [1.54, 1.807) is 25.1 Å². The molecule has 0 saturated heterocycles. The number of nitrogens with one attached hydrogen (secondary N) is 2. The zero-order chi connectivity index (χ0) is 19.6. The van der Waals surface area contributed by atoms with Crippen molar-refractivity contribution in [3.8, 4) is 5.75 Å². The van der Waals surface area contributed by atoms with Gasteiger partial charge in [0.05, 0.1) is 12.6 Å². The number of para-hydroxylation sites is 1. The minimum absolute atomic E-state index is 0.104. The van der Waals surface area contributed by atoms with Gasteiger partial charge >= 0.3 is 0 Å². The van der Waals surface area contributed by atoms with Gasteiger partial charge in [-0.25, -0.2) is 0 Å². The number of hydrogen-bond donors (Lipinski definition) is 2. The lowest BCUT2D eigenvalue weighted by Gasteiger charge is -2.16. The number of H-pyrrole nitrogens is 1. The van der Waals surface area contributed by atoms with Gasteiger partial charge < -0.3 is 15.0 Å². The Bertz CT molecular complexity index is 1060. The highest BCUT2D eigenvalue weighted by atomic mass is 79.9. The van der Waals surface area contributed by atoms with Gasteiger partial charge in [0.25, 0.3) is 5.91 Å². The second-order valence-electron chi connectivity index (χ2n) is 6.51. The molecule has 5 nitrogen and oxygen atoms in total. The number of pyridine rings is 1. The Labute approximate surface area is 165 Å². The number of halogens is 1. The first kappa shape index (κ1) is 19.2. The molecule has 0 fully saturated rings. The molecule has 3 rings (SSSR count). The predicted molar refractivity (Wildman–Crippen MR) is 111 cm³/mol. The molecule has 2 N–H and O–H groups in total. The molecular weight excluding hydrogens is 408 g/mol. The number of carbonyl (C=O) groups is 1. The molecule has 0 aliphatic carbocycles. The maximum absolute atomic E-state index is 12.8. The predicted octanol–water partition coefficient (Wildman–Crippen LogP) is 3.97. The number of rotatable bonds is 5. The van der Waals surface area contributed by atoms with Crippen LogP contribution in [-0.2, 0) is 6.42 Å². The van der Waals surface area contributed by atoms with Crippen LogP contribution in [0, 0.1) is 6.92 Å². The fourth-order valence-electron chi connectivity index (χ4n) is 3.12. The van der Waals surface area contributed by atoms with Crippen molar-refractivity contribution in [1.82, 2.24) is 10.3 Å². The van der Waals surface area contributed by atoms with Crippen molar-refractivity contribution in [2.45, 2.75) is 26.3 Å². The van der Waals surface area contributed by atoms with E-state index < -0.39 is 0 Å². The van der Waals surface area contributed by atoms with Gasteiger partial charge in [-0.3, -0.25) is 9.59 Å². The lowest BCUT2D eigenvalue weighted by molar-refractivity contribution is 0.0934. The van der Waals surface area contributed by atoms with Gasteiger partial charge in [-0.1, -0.05) is 40.2 Å². The lowest BCUT2D eigenvalue weighted by atomic mass is 10.1. The van der Waals surface area contributed by atoms with Crippen LogP contribution in [0.3, 0.4) is 0 Å². The number of aromatic amines is 1. The van der Waals surface area contributed by atoms with E-state index in [0.29, 0.717) is 28.6 Å². The summed E-state index contributed by atoms with van der Waals surface area (Å²) in [5.74, 6) is 0.219. The van der Waals surface area contributed by atoms with E-state index in [1.807, 2.05) is 31.2 Å². The van der Waals surface area contributed by atoms with Crippen molar-refractivity contribution in [3.63, 3.8) is 0 Å². The van der Waals surface area contributed by atoms with Gasteiger partial charge in [0.15, 0.2) is 5.43 Å². The van der Waals surface area contributed by atoms with E-state index in [0.717, 1.165) is 10.0 Å². The zero-order valence-electron chi connectivity index (χ0n) is 15.4. The number of aromatic nitrogens is 1. The Balaban J connectivity index is 1.90. The van der Waals surface area contributed by atoms with Gasteiger partial charge in [-0.2, -0.15) is 0 Å². The summed E-state index contributed by atoms with van der Waals surface area (Å²) in [7, 11) is 1.53. The Morgan fingerprint density at radius 1 is 1.22 bits per heavy atom.